The van der Waals surface area contributed by atoms with E-state index in [9.17, 15) is 4.79 Å². The number of aromatic nitrogens is 2. The normalized spacial score (nSPS) is 20.7. The van der Waals surface area contributed by atoms with Gasteiger partial charge in [-0.3, -0.25) is 14.4 Å². The Morgan fingerprint density at radius 2 is 1.92 bits per heavy atom. The third-order valence-electron chi connectivity index (χ3n) is 4.90. The van der Waals surface area contributed by atoms with Crippen LogP contribution in [0.25, 0.3) is 0 Å². The maximum Gasteiger partial charge on any atom is 0.217 e. The van der Waals surface area contributed by atoms with Crippen LogP contribution in [0.2, 0.25) is 0 Å². The minimum atomic E-state index is 0.0796. The lowest BCUT2D eigenvalue weighted by molar-refractivity contribution is -0.119. The second-order valence-electron chi connectivity index (χ2n) is 7.07. The molecule has 1 aliphatic heterocycles. The fraction of sp³-hybridized carbons (Fsp3) is 0.500. The van der Waals surface area contributed by atoms with Crippen molar-refractivity contribution in [3.63, 3.8) is 0 Å². The van der Waals surface area contributed by atoms with Crippen molar-refractivity contribution in [2.75, 3.05) is 13.1 Å². The molecule has 0 aliphatic carbocycles. The predicted octanol–water partition coefficient (Wildman–Crippen LogP) is 2.67. The van der Waals surface area contributed by atoms with Gasteiger partial charge in [0.15, 0.2) is 0 Å². The molecule has 1 saturated heterocycles. The van der Waals surface area contributed by atoms with Crippen molar-refractivity contribution < 1.29 is 4.79 Å². The van der Waals surface area contributed by atoms with E-state index < -0.39 is 0 Å². The van der Waals surface area contributed by atoms with Gasteiger partial charge in [-0.2, -0.15) is 5.10 Å². The first-order chi connectivity index (χ1) is 12.1. The van der Waals surface area contributed by atoms with Crippen molar-refractivity contribution in [1.82, 2.24) is 20.0 Å². The number of likely N-dealkylation sites (tertiary alicyclic amines) is 1. The van der Waals surface area contributed by atoms with Crippen molar-refractivity contribution in [2.24, 2.45) is 5.92 Å². The molecule has 2 heterocycles. The summed E-state index contributed by atoms with van der Waals surface area (Å²) in [6.45, 7) is 7.58. The van der Waals surface area contributed by atoms with Crippen LogP contribution in [-0.2, 0) is 17.9 Å². The summed E-state index contributed by atoms with van der Waals surface area (Å²) in [4.78, 5) is 13.9. The molecule has 0 spiro atoms. The smallest absolute Gasteiger partial charge is 0.217 e. The predicted molar refractivity (Wildman–Crippen MR) is 99.1 cm³/mol. The number of amides is 1. The van der Waals surface area contributed by atoms with E-state index in [1.165, 1.54) is 17.5 Å². The maximum atomic E-state index is 11.4. The van der Waals surface area contributed by atoms with Gasteiger partial charge in [-0.05, 0) is 29.5 Å². The van der Waals surface area contributed by atoms with Crippen molar-refractivity contribution >= 4 is 5.91 Å². The van der Waals surface area contributed by atoms with Gasteiger partial charge >= 0.3 is 0 Å². The Bertz CT molecular complexity index is 666. The molecule has 2 atom stereocenters. The first kappa shape index (κ1) is 17.7. The van der Waals surface area contributed by atoms with Gasteiger partial charge in [0.05, 0.1) is 6.54 Å². The molecular formula is C20H28N4O. The van der Waals surface area contributed by atoms with E-state index in [0.717, 1.165) is 32.6 Å². The lowest BCUT2D eigenvalue weighted by Gasteiger charge is -2.18. The summed E-state index contributed by atoms with van der Waals surface area (Å²) in [5.41, 5.74) is 2.58. The Kier molecular flexibility index (Phi) is 5.87. The van der Waals surface area contributed by atoms with Crippen LogP contribution in [0.4, 0.5) is 0 Å². The average Bonchev–Trinajstić information content (AvgIpc) is 3.20. The first-order valence-corrected chi connectivity index (χ1v) is 9.18. The van der Waals surface area contributed by atoms with Crippen LogP contribution in [0.5, 0.6) is 0 Å². The fourth-order valence-electron chi connectivity index (χ4n) is 3.77. The highest BCUT2D eigenvalue weighted by Gasteiger charge is 2.32. The van der Waals surface area contributed by atoms with Crippen LogP contribution < -0.4 is 5.32 Å². The van der Waals surface area contributed by atoms with Crippen molar-refractivity contribution in [3.8, 4) is 0 Å². The topological polar surface area (TPSA) is 50.2 Å². The monoisotopic (exact) mass is 340 g/mol. The zero-order chi connectivity index (χ0) is 17.6. The summed E-state index contributed by atoms with van der Waals surface area (Å²) in [6.07, 6.45) is 6.12. The van der Waals surface area contributed by atoms with Gasteiger partial charge in [-0.25, -0.2) is 0 Å². The molecule has 0 radical (unpaired) electrons. The molecule has 1 aromatic heterocycles. The molecule has 5 heteroatoms. The van der Waals surface area contributed by atoms with Crippen LogP contribution in [-0.4, -0.2) is 39.7 Å². The van der Waals surface area contributed by atoms with Gasteiger partial charge in [0, 0.05) is 45.0 Å². The van der Waals surface area contributed by atoms with Crippen LogP contribution in [0.3, 0.4) is 0 Å². The Balaban J connectivity index is 1.57. The number of hydrogen-bond acceptors (Lipinski definition) is 3. The third kappa shape index (κ3) is 4.92. The summed E-state index contributed by atoms with van der Waals surface area (Å²) >= 11 is 0. The summed E-state index contributed by atoms with van der Waals surface area (Å²) in [6, 6.07) is 11.0. The van der Waals surface area contributed by atoms with Crippen LogP contribution >= 0.6 is 0 Å². The molecule has 3 rings (SSSR count). The van der Waals surface area contributed by atoms with Crippen molar-refractivity contribution in [1.29, 1.82) is 0 Å². The number of carbonyl (C=O) groups excluding carboxylic acids is 1. The van der Waals surface area contributed by atoms with E-state index >= 15 is 0 Å². The molecular weight excluding hydrogens is 312 g/mol. The molecule has 0 bridgehead atoms. The lowest BCUT2D eigenvalue weighted by Crippen LogP contribution is -2.39. The number of carbonyl (C=O) groups is 1. The SMILES string of the molecule is CCC[C@@H]1CN(Cc2ccc(Cn3cccn3)cc2)C[C@H]1NC(C)=O. The number of nitrogens with one attached hydrogen (secondary N) is 1. The lowest BCUT2D eigenvalue weighted by atomic mass is 9.98. The minimum Gasteiger partial charge on any atom is -0.352 e. The van der Waals surface area contributed by atoms with Crippen LogP contribution in [0, 0.1) is 5.92 Å². The number of rotatable bonds is 7. The second kappa shape index (κ2) is 8.30. The van der Waals surface area contributed by atoms with Crippen LogP contribution in [0.15, 0.2) is 42.7 Å². The van der Waals surface area contributed by atoms with E-state index in [1.54, 1.807) is 13.1 Å². The fourth-order valence-corrected chi connectivity index (χ4v) is 3.77. The number of benzene rings is 1. The van der Waals surface area contributed by atoms with Crippen molar-refractivity contribution in [3.05, 3.63) is 53.9 Å². The van der Waals surface area contributed by atoms with Gasteiger partial charge in [0.25, 0.3) is 0 Å². The Hall–Kier alpha value is -2.14. The van der Waals surface area contributed by atoms with E-state index in [0.29, 0.717) is 5.92 Å². The van der Waals surface area contributed by atoms with E-state index in [2.05, 4.69) is 46.5 Å². The van der Waals surface area contributed by atoms with Gasteiger partial charge in [0.1, 0.15) is 0 Å². The average molecular weight is 340 g/mol. The molecule has 25 heavy (non-hydrogen) atoms. The summed E-state index contributed by atoms with van der Waals surface area (Å²) < 4.78 is 1.93. The number of hydrogen-bond donors (Lipinski definition) is 1. The third-order valence-corrected chi connectivity index (χ3v) is 4.90. The van der Waals surface area contributed by atoms with Crippen LogP contribution in [0.1, 0.15) is 37.8 Å². The Labute approximate surface area is 150 Å². The molecule has 1 amide bonds. The molecule has 0 saturated carbocycles. The standard InChI is InChI=1S/C20H28N4O/c1-3-5-19-14-23(15-20(19)22-16(2)25)12-17-6-8-18(9-7-17)13-24-11-4-10-21-24/h4,6-11,19-20H,3,5,12-15H2,1-2H3,(H,22,25)/t19-,20-/m1/s1. The first-order valence-electron chi connectivity index (χ1n) is 9.18. The molecule has 1 fully saturated rings. The Morgan fingerprint density at radius 3 is 2.52 bits per heavy atom. The van der Waals surface area contributed by atoms with Gasteiger partial charge in [0.2, 0.25) is 5.91 Å². The van der Waals surface area contributed by atoms with E-state index in [4.69, 9.17) is 0 Å². The van der Waals surface area contributed by atoms with Gasteiger partial charge in [-0.1, -0.05) is 37.6 Å². The Morgan fingerprint density at radius 1 is 1.20 bits per heavy atom. The second-order valence-corrected chi connectivity index (χ2v) is 7.07. The molecule has 1 aromatic carbocycles. The minimum absolute atomic E-state index is 0.0796. The summed E-state index contributed by atoms with van der Waals surface area (Å²) in [5, 5.41) is 7.38. The number of nitrogens with zero attached hydrogens (tertiary/aromatic N) is 3. The molecule has 0 unspecified atom stereocenters. The summed E-state index contributed by atoms with van der Waals surface area (Å²) in [5.74, 6) is 0.643. The molecule has 134 valence electrons. The molecule has 5 nitrogen and oxygen atoms in total. The van der Waals surface area contributed by atoms with Gasteiger partial charge < -0.3 is 5.32 Å². The zero-order valence-electron chi connectivity index (χ0n) is 15.2. The van der Waals surface area contributed by atoms with E-state index in [-0.39, 0.29) is 11.9 Å². The highest BCUT2D eigenvalue weighted by atomic mass is 16.1. The quantitative estimate of drug-likeness (QED) is 0.843. The highest BCUT2D eigenvalue weighted by Crippen LogP contribution is 2.23. The maximum absolute atomic E-state index is 11.4. The van der Waals surface area contributed by atoms with Crippen molar-refractivity contribution in [2.45, 2.75) is 45.8 Å². The van der Waals surface area contributed by atoms with E-state index in [1.807, 2.05) is 16.9 Å². The highest BCUT2D eigenvalue weighted by molar-refractivity contribution is 5.73. The zero-order valence-corrected chi connectivity index (χ0v) is 15.2. The molecule has 1 N–H and O–H groups in total. The molecule has 2 aromatic rings. The summed E-state index contributed by atoms with van der Waals surface area (Å²) in [7, 11) is 0. The molecule has 1 aliphatic rings. The largest absolute Gasteiger partial charge is 0.352 e. The van der Waals surface area contributed by atoms with Gasteiger partial charge in [-0.15, -0.1) is 0 Å².